The normalized spacial score (nSPS) is 25.0. The second-order valence-corrected chi connectivity index (χ2v) is 8.02. The molecule has 1 N–H and O–H groups in total. The average Bonchev–Trinajstić information content (AvgIpc) is 3.32. The zero-order chi connectivity index (χ0) is 17.5. The van der Waals surface area contributed by atoms with E-state index in [1.54, 1.807) is 0 Å². The van der Waals surface area contributed by atoms with Crippen LogP contribution in [0.2, 0.25) is 0 Å². The third-order valence-corrected chi connectivity index (χ3v) is 5.69. The Balaban J connectivity index is 0.00000243. The van der Waals surface area contributed by atoms with Crippen molar-refractivity contribution in [3.05, 3.63) is 22.4 Å². The SMILES string of the molecule is CCNC(=NCC(C)Cc1cccs1)N1CCOC(C2CCCO2)C1.I. The minimum absolute atomic E-state index is 0. The molecular formula is C19H32IN3O2S. The fourth-order valence-electron chi connectivity index (χ4n) is 3.49. The molecular weight excluding hydrogens is 461 g/mol. The van der Waals surface area contributed by atoms with Crippen molar-refractivity contribution in [3.63, 3.8) is 0 Å². The number of guanidine groups is 1. The van der Waals surface area contributed by atoms with E-state index in [2.05, 4.69) is 41.6 Å². The molecule has 0 radical (unpaired) electrons. The van der Waals surface area contributed by atoms with Crippen LogP contribution < -0.4 is 5.32 Å². The van der Waals surface area contributed by atoms with Gasteiger partial charge in [-0.15, -0.1) is 35.3 Å². The molecule has 148 valence electrons. The number of hydrogen-bond donors (Lipinski definition) is 1. The third kappa shape index (κ3) is 6.35. The summed E-state index contributed by atoms with van der Waals surface area (Å²) >= 11 is 1.83. The Labute approximate surface area is 178 Å². The van der Waals surface area contributed by atoms with E-state index < -0.39 is 0 Å². The largest absolute Gasteiger partial charge is 0.375 e. The molecule has 5 nitrogen and oxygen atoms in total. The standard InChI is InChI=1S/C19H31N3O2S.HI/c1-3-20-19(21-13-15(2)12-16-6-5-11-25-16)22-8-10-24-18(14-22)17-7-4-9-23-17;/h5-6,11,15,17-18H,3-4,7-10,12-14H2,1-2H3,(H,20,21);1H. The summed E-state index contributed by atoms with van der Waals surface area (Å²) in [4.78, 5) is 8.70. The summed E-state index contributed by atoms with van der Waals surface area (Å²) in [6.07, 6.45) is 3.79. The monoisotopic (exact) mass is 493 g/mol. The van der Waals surface area contributed by atoms with Gasteiger partial charge in [-0.1, -0.05) is 13.0 Å². The van der Waals surface area contributed by atoms with E-state index in [9.17, 15) is 0 Å². The molecule has 0 aromatic carbocycles. The van der Waals surface area contributed by atoms with E-state index in [1.165, 1.54) is 4.88 Å². The van der Waals surface area contributed by atoms with Gasteiger partial charge < -0.3 is 19.7 Å². The fourth-order valence-corrected chi connectivity index (χ4v) is 4.36. The fraction of sp³-hybridized carbons (Fsp3) is 0.737. The highest BCUT2D eigenvalue weighted by Crippen LogP contribution is 2.21. The first-order valence-electron chi connectivity index (χ1n) is 9.55. The number of halogens is 1. The Bertz CT molecular complexity index is 535. The number of rotatable bonds is 6. The maximum absolute atomic E-state index is 5.97. The molecule has 3 heterocycles. The van der Waals surface area contributed by atoms with Crippen molar-refractivity contribution in [2.75, 3.05) is 39.4 Å². The quantitative estimate of drug-likeness (QED) is 0.375. The first-order valence-corrected chi connectivity index (χ1v) is 10.4. The summed E-state index contributed by atoms with van der Waals surface area (Å²) in [6.45, 7) is 9.54. The van der Waals surface area contributed by atoms with Crippen LogP contribution in [0.5, 0.6) is 0 Å². The highest BCUT2D eigenvalue weighted by Gasteiger charge is 2.32. The summed E-state index contributed by atoms with van der Waals surface area (Å²) < 4.78 is 11.8. The highest BCUT2D eigenvalue weighted by atomic mass is 127. The van der Waals surface area contributed by atoms with Gasteiger partial charge >= 0.3 is 0 Å². The van der Waals surface area contributed by atoms with Gasteiger partial charge in [0.25, 0.3) is 0 Å². The van der Waals surface area contributed by atoms with Crippen molar-refractivity contribution < 1.29 is 9.47 Å². The number of morpholine rings is 1. The van der Waals surface area contributed by atoms with Crippen LogP contribution in [0.3, 0.4) is 0 Å². The first kappa shape index (κ1) is 21.9. The number of hydrogen-bond acceptors (Lipinski definition) is 4. The molecule has 26 heavy (non-hydrogen) atoms. The molecule has 0 amide bonds. The van der Waals surface area contributed by atoms with Crippen LogP contribution in [0.4, 0.5) is 0 Å². The summed E-state index contributed by atoms with van der Waals surface area (Å²) in [7, 11) is 0. The summed E-state index contributed by atoms with van der Waals surface area (Å²) in [5.74, 6) is 1.56. The van der Waals surface area contributed by atoms with E-state index >= 15 is 0 Å². The molecule has 3 rings (SSSR count). The second kappa shape index (κ2) is 11.5. The van der Waals surface area contributed by atoms with E-state index in [-0.39, 0.29) is 36.2 Å². The molecule has 2 saturated heterocycles. The number of nitrogens with one attached hydrogen (secondary N) is 1. The lowest BCUT2D eigenvalue weighted by atomic mass is 10.1. The molecule has 1 aromatic heterocycles. The van der Waals surface area contributed by atoms with Crippen LogP contribution in [0.1, 0.15) is 31.6 Å². The predicted molar refractivity (Wildman–Crippen MR) is 119 cm³/mol. The van der Waals surface area contributed by atoms with Gasteiger partial charge in [0, 0.05) is 37.7 Å². The van der Waals surface area contributed by atoms with Gasteiger partial charge in [-0.25, -0.2) is 0 Å². The molecule has 7 heteroatoms. The van der Waals surface area contributed by atoms with Gasteiger partial charge in [0.2, 0.25) is 0 Å². The second-order valence-electron chi connectivity index (χ2n) is 6.99. The molecule has 2 fully saturated rings. The van der Waals surface area contributed by atoms with Crippen LogP contribution in [-0.2, 0) is 15.9 Å². The van der Waals surface area contributed by atoms with E-state index in [1.807, 2.05) is 11.3 Å². The van der Waals surface area contributed by atoms with Crippen molar-refractivity contribution in [1.82, 2.24) is 10.2 Å². The predicted octanol–water partition coefficient (Wildman–Crippen LogP) is 3.39. The summed E-state index contributed by atoms with van der Waals surface area (Å²) in [5, 5.41) is 5.61. The van der Waals surface area contributed by atoms with E-state index in [0.29, 0.717) is 5.92 Å². The molecule has 2 aliphatic heterocycles. The Kier molecular flexibility index (Phi) is 9.66. The molecule has 0 spiro atoms. The Morgan fingerprint density at radius 1 is 1.38 bits per heavy atom. The van der Waals surface area contributed by atoms with Gasteiger partial charge in [-0.2, -0.15) is 0 Å². The Hall–Kier alpha value is -0.380. The van der Waals surface area contributed by atoms with Crippen LogP contribution in [0, 0.1) is 5.92 Å². The number of thiophene rings is 1. The molecule has 3 atom stereocenters. The zero-order valence-corrected chi connectivity index (χ0v) is 19.0. The van der Waals surface area contributed by atoms with Crippen LogP contribution in [-0.4, -0.2) is 62.5 Å². The molecule has 0 bridgehead atoms. The lowest BCUT2D eigenvalue weighted by Gasteiger charge is -2.37. The smallest absolute Gasteiger partial charge is 0.194 e. The lowest BCUT2D eigenvalue weighted by molar-refractivity contribution is -0.0817. The number of ether oxygens (including phenoxy) is 2. The molecule has 0 saturated carbocycles. The maximum Gasteiger partial charge on any atom is 0.194 e. The maximum atomic E-state index is 5.97. The summed E-state index contributed by atoms with van der Waals surface area (Å²) in [5.41, 5.74) is 0. The van der Waals surface area contributed by atoms with Gasteiger partial charge in [0.05, 0.1) is 12.7 Å². The summed E-state index contributed by atoms with van der Waals surface area (Å²) in [6, 6.07) is 4.34. The van der Waals surface area contributed by atoms with E-state index in [0.717, 1.165) is 64.6 Å². The average molecular weight is 493 g/mol. The van der Waals surface area contributed by atoms with Gasteiger partial charge in [-0.05, 0) is 43.6 Å². The molecule has 1 aromatic rings. The molecule has 3 unspecified atom stereocenters. The first-order chi connectivity index (χ1) is 12.3. The van der Waals surface area contributed by atoms with Crippen molar-refractivity contribution in [1.29, 1.82) is 0 Å². The van der Waals surface area contributed by atoms with E-state index in [4.69, 9.17) is 14.5 Å². The van der Waals surface area contributed by atoms with Crippen LogP contribution in [0.15, 0.2) is 22.5 Å². The van der Waals surface area contributed by atoms with Crippen molar-refractivity contribution in [3.8, 4) is 0 Å². The van der Waals surface area contributed by atoms with Gasteiger partial charge in [0.15, 0.2) is 5.96 Å². The lowest BCUT2D eigenvalue weighted by Crippen LogP contribution is -2.53. The molecule has 0 aliphatic carbocycles. The number of nitrogens with zero attached hydrogens (tertiary/aromatic N) is 2. The minimum atomic E-state index is 0. The van der Waals surface area contributed by atoms with Crippen molar-refractivity contribution in [2.24, 2.45) is 10.9 Å². The van der Waals surface area contributed by atoms with Crippen LogP contribution >= 0.6 is 35.3 Å². The zero-order valence-electron chi connectivity index (χ0n) is 15.9. The third-order valence-electron chi connectivity index (χ3n) is 4.79. The van der Waals surface area contributed by atoms with Crippen LogP contribution in [0.25, 0.3) is 0 Å². The Morgan fingerprint density at radius 3 is 2.92 bits per heavy atom. The highest BCUT2D eigenvalue weighted by molar-refractivity contribution is 14.0. The van der Waals surface area contributed by atoms with Crippen molar-refractivity contribution >= 4 is 41.3 Å². The van der Waals surface area contributed by atoms with Gasteiger partial charge in [0.1, 0.15) is 6.10 Å². The topological polar surface area (TPSA) is 46.1 Å². The van der Waals surface area contributed by atoms with Gasteiger partial charge in [-0.3, -0.25) is 4.99 Å². The number of aliphatic imine (C=N–C) groups is 1. The Morgan fingerprint density at radius 2 is 2.23 bits per heavy atom. The van der Waals surface area contributed by atoms with Crippen molar-refractivity contribution in [2.45, 2.75) is 45.3 Å². The minimum Gasteiger partial charge on any atom is -0.375 e. The molecule has 2 aliphatic rings.